The van der Waals surface area contributed by atoms with Crippen LogP contribution < -0.4 is 5.73 Å². The van der Waals surface area contributed by atoms with Crippen molar-refractivity contribution in [2.75, 3.05) is 6.61 Å². The zero-order valence-electron chi connectivity index (χ0n) is 6.89. The van der Waals surface area contributed by atoms with E-state index in [1.807, 2.05) is 13.8 Å². The SMILES string of the molecule is CCC(C)C#CCOC(N)=O. The first-order valence-electron chi connectivity index (χ1n) is 3.57. The first-order chi connectivity index (χ1) is 5.16. The van der Waals surface area contributed by atoms with Gasteiger partial charge in [0.1, 0.15) is 0 Å². The second-order valence-corrected chi connectivity index (χ2v) is 2.24. The second-order valence-electron chi connectivity index (χ2n) is 2.24. The molecule has 0 saturated carbocycles. The molecular formula is C8H13NO2. The maximum atomic E-state index is 10.0. The summed E-state index contributed by atoms with van der Waals surface area (Å²) in [6, 6.07) is 0. The summed E-state index contributed by atoms with van der Waals surface area (Å²) in [5.74, 6) is 5.95. The lowest BCUT2D eigenvalue weighted by atomic mass is 10.1. The van der Waals surface area contributed by atoms with Gasteiger partial charge in [-0.05, 0) is 6.42 Å². The molecule has 1 amide bonds. The number of primary amides is 1. The van der Waals surface area contributed by atoms with Crippen LogP contribution >= 0.6 is 0 Å². The van der Waals surface area contributed by atoms with Gasteiger partial charge in [-0.2, -0.15) is 0 Å². The van der Waals surface area contributed by atoms with E-state index in [1.165, 1.54) is 0 Å². The van der Waals surface area contributed by atoms with Crippen molar-refractivity contribution in [2.45, 2.75) is 20.3 Å². The minimum atomic E-state index is -0.775. The maximum absolute atomic E-state index is 10.0. The van der Waals surface area contributed by atoms with E-state index >= 15 is 0 Å². The van der Waals surface area contributed by atoms with Gasteiger partial charge in [-0.3, -0.25) is 0 Å². The van der Waals surface area contributed by atoms with Crippen LogP contribution in [0.1, 0.15) is 20.3 Å². The summed E-state index contributed by atoms with van der Waals surface area (Å²) in [5, 5.41) is 0. The molecule has 11 heavy (non-hydrogen) atoms. The van der Waals surface area contributed by atoms with Crippen LogP contribution in [0.2, 0.25) is 0 Å². The number of carbonyl (C=O) groups is 1. The van der Waals surface area contributed by atoms with Gasteiger partial charge >= 0.3 is 6.09 Å². The molecule has 0 aromatic carbocycles. The molecule has 0 heterocycles. The van der Waals surface area contributed by atoms with Crippen molar-refractivity contribution in [1.82, 2.24) is 0 Å². The molecule has 62 valence electrons. The Bertz CT molecular complexity index is 178. The average molecular weight is 155 g/mol. The lowest BCUT2D eigenvalue weighted by Crippen LogP contribution is -2.12. The van der Waals surface area contributed by atoms with Crippen molar-refractivity contribution < 1.29 is 9.53 Å². The van der Waals surface area contributed by atoms with E-state index in [0.29, 0.717) is 5.92 Å². The summed E-state index contributed by atoms with van der Waals surface area (Å²) in [6.45, 7) is 4.16. The standard InChI is InChI=1S/C8H13NO2/c1-3-7(2)5-4-6-11-8(9)10/h7H,3,6H2,1-2H3,(H2,9,10). The quantitative estimate of drug-likeness (QED) is 0.608. The average Bonchev–Trinajstić information content (AvgIpc) is 1.97. The highest BCUT2D eigenvalue weighted by atomic mass is 16.5. The molecule has 3 nitrogen and oxygen atoms in total. The molecule has 3 heteroatoms. The molecule has 0 aliphatic carbocycles. The fourth-order valence-electron chi connectivity index (χ4n) is 0.425. The molecule has 2 N–H and O–H groups in total. The summed E-state index contributed by atoms with van der Waals surface area (Å²) < 4.78 is 4.40. The van der Waals surface area contributed by atoms with Crippen LogP contribution in [0.15, 0.2) is 0 Å². The maximum Gasteiger partial charge on any atom is 0.405 e. The van der Waals surface area contributed by atoms with E-state index in [4.69, 9.17) is 5.73 Å². The zero-order chi connectivity index (χ0) is 8.69. The van der Waals surface area contributed by atoms with E-state index in [2.05, 4.69) is 16.6 Å². The predicted octanol–water partition coefficient (Wildman–Crippen LogP) is 1.13. The smallest absolute Gasteiger partial charge is 0.405 e. The van der Waals surface area contributed by atoms with Crippen LogP contribution in [-0.4, -0.2) is 12.7 Å². The van der Waals surface area contributed by atoms with Crippen molar-refractivity contribution in [3.63, 3.8) is 0 Å². The molecule has 0 aliphatic heterocycles. The van der Waals surface area contributed by atoms with Crippen LogP contribution in [0.25, 0.3) is 0 Å². The molecule has 1 atom stereocenters. The summed E-state index contributed by atoms with van der Waals surface area (Å²) >= 11 is 0. The van der Waals surface area contributed by atoms with E-state index in [1.54, 1.807) is 0 Å². The predicted molar refractivity (Wildman–Crippen MR) is 42.8 cm³/mol. The highest BCUT2D eigenvalue weighted by molar-refractivity contribution is 5.64. The van der Waals surface area contributed by atoms with Gasteiger partial charge in [-0.15, -0.1) is 0 Å². The Balaban J connectivity index is 3.47. The zero-order valence-corrected chi connectivity index (χ0v) is 6.89. The molecule has 0 fully saturated rings. The Labute approximate surface area is 66.9 Å². The Morgan fingerprint density at radius 1 is 1.73 bits per heavy atom. The number of amides is 1. The summed E-state index contributed by atoms with van der Waals surface area (Å²) in [4.78, 5) is 10.0. The minimum Gasteiger partial charge on any atom is -0.437 e. The lowest BCUT2D eigenvalue weighted by molar-refractivity contribution is 0.171. The first-order valence-corrected chi connectivity index (χ1v) is 3.57. The molecule has 1 unspecified atom stereocenters. The highest BCUT2D eigenvalue weighted by Gasteiger charge is 1.90. The Morgan fingerprint density at radius 2 is 2.36 bits per heavy atom. The number of hydrogen-bond acceptors (Lipinski definition) is 2. The molecule has 0 rings (SSSR count). The molecule has 0 aliphatic rings. The number of rotatable bonds is 2. The molecule has 0 saturated heterocycles. The fraction of sp³-hybridized carbons (Fsp3) is 0.625. The van der Waals surface area contributed by atoms with E-state index in [-0.39, 0.29) is 6.61 Å². The number of nitrogens with two attached hydrogens (primary N) is 1. The molecule has 0 radical (unpaired) electrons. The van der Waals surface area contributed by atoms with Crippen molar-refractivity contribution in [3.8, 4) is 11.8 Å². The largest absolute Gasteiger partial charge is 0.437 e. The Kier molecular flexibility index (Phi) is 5.01. The third-order valence-corrected chi connectivity index (χ3v) is 1.25. The molecule has 0 aromatic rings. The van der Waals surface area contributed by atoms with Gasteiger partial charge in [-0.1, -0.05) is 25.7 Å². The van der Waals surface area contributed by atoms with Gasteiger partial charge in [0.15, 0.2) is 6.61 Å². The van der Waals surface area contributed by atoms with E-state index < -0.39 is 6.09 Å². The van der Waals surface area contributed by atoms with Crippen LogP contribution in [-0.2, 0) is 4.74 Å². The van der Waals surface area contributed by atoms with Crippen molar-refractivity contribution >= 4 is 6.09 Å². The summed E-state index contributed by atoms with van der Waals surface area (Å²) in [7, 11) is 0. The molecule has 0 spiro atoms. The van der Waals surface area contributed by atoms with Gasteiger partial charge in [0.25, 0.3) is 0 Å². The van der Waals surface area contributed by atoms with Crippen LogP contribution in [0.5, 0.6) is 0 Å². The van der Waals surface area contributed by atoms with Crippen molar-refractivity contribution in [3.05, 3.63) is 0 Å². The monoisotopic (exact) mass is 155 g/mol. The van der Waals surface area contributed by atoms with Gasteiger partial charge in [0.05, 0.1) is 0 Å². The number of ether oxygens (including phenoxy) is 1. The van der Waals surface area contributed by atoms with Crippen molar-refractivity contribution in [1.29, 1.82) is 0 Å². The van der Waals surface area contributed by atoms with E-state index in [9.17, 15) is 4.79 Å². The normalized spacial score (nSPS) is 11.1. The van der Waals surface area contributed by atoms with Crippen LogP contribution in [0.3, 0.4) is 0 Å². The van der Waals surface area contributed by atoms with Crippen LogP contribution in [0, 0.1) is 17.8 Å². The topological polar surface area (TPSA) is 52.3 Å². The summed E-state index contributed by atoms with van der Waals surface area (Å²) in [5.41, 5.74) is 4.71. The van der Waals surface area contributed by atoms with Gasteiger partial charge < -0.3 is 10.5 Å². The highest BCUT2D eigenvalue weighted by Crippen LogP contribution is 1.95. The Hall–Kier alpha value is -1.17. The second kappa shape index (κ2) is 5.60. The lowest BCUT2D eigenvalue weighted by Gasteiger charge is -1.95. The van der Waals surface area contributed by atoms with Crippen LogP contribution in [0.4, 0.5) is 4.79 Å². The van der Waals surface area contributed by atoms with Gasteiger partial charge in [-0.25, -0.2) is 4.79 Å². The first kappa shape index (κ1) is 9.83. The van der Waals surface area contributed by atoms with Gasteiger partial charge in [0, 0.05) is 5.92 Å². The third kappa shape index (κ3) is 6.72. The van der Waals surface area contributed by atoms with E-state index in [0.717, 1.165) is 6.42 Å². The number of hydrogen-bond donors (Lipinski definition) is 1. The Morgan fingerprint density at radius 3 is 2.82 bits per heavy atom. The molecule has 0 bridgehead atoms. The third-order valence-electron chi connectivity index (χ3n) is 1.25. The van der Waals surface area contributed by atoms with Gasteiger partial charge in [0.2, 0.25) is 0 Å². The number of carbonyl (C=O) groups excluding carboxylic acids is 1. The molecular weight excluding hydrogens is 142 g/mol. The summed E-state index contributed by atoms with van der Waals surface area (Å²) in [6.07, 6.45) is 0.229. The van der Waals surface area contributed by atoms with Crippen molar-refractivity contribution in [2.24, 2.45) is 11.7 Å². The molecule has 0 aromatic heterocycles. The fourth-order valence-corrected chi connectivity index (χ4v) is 0.425. The minimum absolute atomic E-state index is 0.0969.